The summed E-state index contributed by atoms with van der Waals surface area (Å²) < 4.78 is 47.8. The van der Waals surface area contributed by atoms with Crippen LogP contribution in [0.4, 0.5) is 5.69 Å². The van der Waals surface area contributed by atoms with Crippen molar-refractivity contribution in [1.29, 1.82) is 0 Å². The predicted octanol–water partition coefficient (Wildman–Crippen LogP) is 4.11. The Morgan fingerprint density at radius 2 is 1.70 bits per heavy atom. The fourth-order valence-electron chi connectivity index (χ4n) is 4.40. The third kappa shape index (κ3) is 6.01. The summed E-state index contributed by atoms with van der Waals surface area (Å²) in [4.78, 5) is 19.3. The number of thioether (sulfide) groups is 1. The van der Waals surface area contributed by atoms with Crippen LogP contribution in [0.5, 0.6) is 23.0 Å². The van der Waals surface area contributed by atoms with Gasteiger partial charge in [-0.05, 0) is 47.5 Å². The van der Waals surface area contributed by atoms with Gasteiger partial charge in [-0.3, -0.25) is 4.79 Å². The van der Waals surface area contributed by atoms with Gasteiger partial charge in [-0.2, -0.15) is 4.99 Å². The number of carbonyl (C=O) groups is 1. The Hall–Kier alpha value is -2.44. The zero-order valence-corrected chi connectivity index (χ0v) is 24.2. The van der Waals surface area contributed by atoms with Crippen molar-refractivity contribution in [3.63, 3.8) is 0 Å². The number of amidine groups is 1. The molecule has 2 aromatic carbocycles. The van der Waals surface area contributed by atoms with Crippen LogP contribution in [0.2, 0.25) is 0 Å². The van der Waals surface area contributed by atoms with Crippen LogP contribution in [0.25, 0.3) is 0 Å². The van der Waals surface area contributed by atoms with Crippen molar-refractivity contribution in [2.75, 3.05) is 43.8 Å². The molecule has 0 N–H and O–H groups in total. The first kappa shape index (κ1) is 27.6. The molecular formula is C25H29BrN2O7S2. The zero-order chi connectivity index (χ0) is 26.7. The summed E-state index contributed by atoms with van der Waals surface area (Å²) >= 11 is 4.93. The van der Waals surface area contributed by atoms with Gasteiger partial charge in [0.25, 0.3) is 5.91 Å². The molecule has 2 saturated heterocycles. The molecule has 37 heavy (non-hydrogen) atoms. The van der Waals surface area contributed by atoms with E-state index in [0.717, 1.165) is 5.56 Å². The molecule has 2 heterocycles. The number of anilines is 1. The Morgan fingerprint density at radius 3 is 2.35 bits per heavy atom. The number of benzene rings is 2. The number of halogens is 1. The maximum atomic E-state index is 13.1. The second-order valence-corrected chi connectivity index (χ2v) is 12.7. The van der Waals surface area contributed by atoms with E-state index < -0.39 is 9.84 Å². The lowest BCUT2D eigenvalue weighted by molar-refractivity contribution is -0.117. The topological polar surface area (TPSA) is 104 Å². The minimum Gasteiger partial charge on any atom is -0.493 e. The molecule has 200 valence electrons. The van der Waals surface area contributed by atoms with Crippen LogP contribution in [-0.2, 0) is 21.1 Å². The maximum Gasteiger partial charge on any atom is 0.252 e. The van der Waals surface area contributed by atoms with E-state index in [1.54, 1.807) is 37.4 Å². The van der Waals surface area contributed by atoms with Gasteiger partial charge >= 0.3 is 0 Å². The summed E-state index contributed by atoms with van der Waals surface area (Å²) in [6, 6.07) is 8.53. The number of nitrogens with zero attached hydrogens (tertiary/aromatic N) is 2. The quantitative estimate of drug-likeness (QED) is 0.414. The van der Waals surface area contributed by atoms with Gasteiger partial charge in [-0.1, -0.05) is 17.8 Å². The van der Waals surface area contributed by atoms with E-state index in [-0.39, 0.29) is 35.1 Å². The van der Waals surface area contributed by atoms with Crippen LogP contribution >= 0.6 is 27.7 Å². The second kappa shape index (κ2) is 11.5. The number of methoxy groups -OCH3 is 2. The van der Waals surface area contributed by atoms with Crippen LogP contribution in [0, 0.1) is 0 Å². The highest BCUT2D eigenvalue weighted by atomic mass is 79.9. The number of aliphatic imine (C=N–C) groups is 1. The van der Waals surface area contributed by atoms with Gasteiger partial charge in [0.05, 0.1) is 57.1 Å². The number of fused-ring (bicyclic) bond motifs is 1. The highest BCUT2D eigenvalue weighted by Gasteiger charge is 2.50. The normalized spacial score (nSPS) is 21.1. The average molecular weight is 614 g/mol. The monoisotopic (exact) mass is 612 g/mol. The molecule has 2 fully saturated rings. The number of hydrogen-bond acceptors (Lipinski definition) is 8. The Bertz CT molecular complexity index is 1320. The molecule has 0 aromatic heterocycles. The molecular weight excluding hydrogens is 584 g/mol. The van der Waals surface area contributed by atoms with Gasteiger partial charge in [0, 0.05) is 21.9 Å². The molecule has 1 amide bonds. The van der Waals surface area contributed by atoms with Crippen LogP contribution < -0.4 is 23.8 Å². The largest absolute Gasteiger partial charge is 0.493 e. The van der Waals surface area contributed by atoms with E-state index in [0.29, 0.717) is 51.5 Å². The molecule has 2 unspecified atom stereocenters. The first-order valence-electron chi connectivity index (χ1n) is 11.8. The van der Waals surface area contributed by atoms with E-state index in [2.05, 4.69) is 20.9 Å². The van der Waals surface area contributed by atoms with Gasteiger partial charge in [0.15, 0.2) is 38.0 Å². The van der Waals surface area contributed by atoms with Gasteiger partial charge in [0.1, 0.15) is 0 Å². The van der Waals surface area contributed by atoms with Crippen LogP contribution in [0.1, 0.15) is 19.4 Å². The summed E-state index contributed by atoms with van der Waals surface area (Å²) in [6.07, 6.45) is 0.0561. The average Bonchev–Trinajstić information content (AvgIpc) is 3.31. The smallest absolute Gasteiger partial charge is 0.252 e. The van der Waals surface area contributed by atoms with Crippen molar-refractivity contribution in [3.8, 4) is 23.0 Å². The van der Waals surface area contributed by atoms with Crippen LogP contribution in [0.15, 0.2) is 39.8 Å². The summed E-state index contributed by atoms with van der Waals surface area (Å²) in [6.45, 7) is 4.66. The van der Waals surface area contributed by atoms with Crippen molar-refractivity contribution >= 4 is 54.3 Å². The highest BCUT2D eigenvalue weighted by Crippen LogP contribution is 2.46. The summed E-state index contributed by atoms with van der Waals surface area (Å²) in [5.41, 5.74) is 1.40. The first-order chi connectivity index (χ1) is 17.7. The van der Waals surface area contributed by atoms with Crippen molar-refractivity contribution in [2.45, 2.75) is 31.6 Å². The Morgan fingerprint density at radius 1 is 1.03 bits per heavy atom. The minimum absolute atomic E-state index is 0.0167. The van der Waals surface area contributed by atoms with E-state index in [9.17, 15) is 13.2 Å². The Kier molecular flexibility index (Phi) is 8.59. The van der Waals surface area contributed by atoms with Crippen molar-refractivity contribution in [3.05, 3.63) is 40.4 Å². The van der Waals surface area contributed by atoms with Gasteiger partial charge in [0.2, 0.25) is 0 Å². The van der Waals surface area contributed by atoms with Crippen molar-refractivity contribution < 1.29 is 32.2 Å². The molecule has 0 bridgehead atoms. The zero-order valence-electron chi connectivity index (χ0n) is 21.0. The minimum atomic E-state index is -3.21. The molecule has 0 spiro atoms. The fourth-order valence-corrected chi connectivity index (χ4v) is 8.84. The Balaban J connectivity index is 1.70. The highest BCUT2D eigenvalue weighted by molar-refractivity contribution is 9.10. The molecule has 2 atom stereocenters. The number of carbonyl (C=O) groups excluding carboxylic acids is 1. The number of rotatable bonds is 9. The van der Waals surface area contributed by atoms with Gasteiger partial charge in [-0.25, -0.2) is 8.42 Å². The van der Waals surface area contributed by atoms with Gasteiger partial charge < -0.3 is 23.8 Å². The van der Waals surface area contributed by atoms with Crippen LogP contribution in [0.3, 0.4) is 0 Å². The Labute approximate surface area is 229 Å². The number of sulfone groups is 1. The number of amides is 1. The molecule has 0 aliphatic carbocycles. The predicted molar refractivity (Wildman–Crippen MR) is 148 cm³/mol. The van der Waals surface area contributed by atoms with E-state index in [1.807, 2.05) is 18.7 Å². The lowest BCUT2D eigenvalue weighted by Crippen LogP contribution is -2.38. The van der Waals surface area contributed by atoms with Crippen molar-refractivity contribution in [1.82, 2.24) is 0 Å². The number of ether oxygens (including phenoxy) is 4. The molecule has 2 aromatic rings. The summed E-state index contributed by atoms with van der Waals surface area (Å²) in [5.74, 6) is 1.88. The van der Waals surface area contributed by atoms with E-state index in [4.69, 9.17) is 18.9 Å². The molecule has 2 aliphatic rings. The summed E-state index contributed by atoms with van der Waals surface area (Å²) in [5, 5.41) is 0.231. The molecule has 0 saturated carbocycles. The van der Waals surface area contributed by atoms with Crippen molar-refractivity contribution in [2.24, 2.45) is 4.99 Å². The lowest BCUT2D eigenvalue weighted by Gasteiger charge is -2.27. The third-order valence-electron chi connectivity index (χ3n) is 5.96. The molecule has 9 nitrogen and oxygen atoms in total. The second-order valence-electron chi connectivity index (χ2n) is 8.44. The molecule has 12 heteroatoms. The van der Waals surface area contributed by atoms with Crippen LogP contribution in [-0.4, -0.2) is 69.7 Å². The molecule has 2 aliphatic heterocycles. The fraction of sp³-hybridized carbons (Fsp3) is 0.440. The SMILES string of the molecule is CCOc1cc(Br)c(N2C(=NC(=O)Cc3ccc(OC)c(OC)c3)SC3CS(=O)(=O)CC32)cc1OCC. The molecule has 4 rings (SSSR count). The first-order valence-corrected chi connectivity index (χ1v) is 15.3. The maximum absolute atomic E-state index is 13.1. The lowest BCUT2D eigenvalue weighted by atomic mass is 10.1. The van der Waals surface area contributed by atoms with E-state index >= 15 is 0 Å². The third-order valence-corrected chi connectivity index (χ3v) is 9.81. The van der Waals surface area contributed by atoms with E-state index in [1.165, 1.54) is 18.9 Å². The number of hydrogen-bond donors (Lipinski definition) is 0. The summed E-state index contributed by atoms with van der Waals surface area (Å²) in [7, 11) is -0.125. The molecule has 0 radical (unpaired) electrons. The van der Waals surface area contributed by atoms with Gasteiger partial charge in [-0.15, -0.1) is 0 Å². The standard InChI is InChI=1S/C25H29BrN2O7S2/c1-5-34-21-11-16(26)17(12-22(21)35-6-2)28-18-13-37(30,31)14-23(18)36-25(28)27-24(29)10-15-7-8-19(32-3)20(9-15)33-4/h7-9,11-12,18,23H,5-6,10,13-14H2,1-4H3.